The van der Waals surface area contributed by atoms with Crippen LogP contribution in [0.25, 0.3) is 0 Å². The van der Waals surface area contributed by atoms with E-state index in [0.717, 1.165) is 0 Å². The number of nitrogens with one attached hydrogen (secondary N) is 1. The van der Waals surface area contributed by atoms with Crippen molar-refractivity contribution in [3.63, 3.8) is 0 Å². The summed E-state index contributed by atoms with van der Waals surface area (Å²) in [6, 6.07) is 3.30. The van der Waals surface area contributed by atoms with E-state index in [1.807, 2.05) is 0 Å². The molecule has 5 heteroatoms. The van der Waals surface area contributed by atoms with Crippen molar-refractivity contribution < 1.29 is 14.0 Å². The lowest BCUT2D eigenvalue weighted by Gasteiger charge is -2.17. The maximum atomic E-state index is 11.8. The number of hydrogen-bond donors (Lipinski definition) is 1. The zero-order valence-electron chi connectivity index (χ0n) is 8.23. The molecule has 0 unspecified atom stereocenters. The minimum atomic E-state index is -0.156. The molecule has 0 saturated carbocycles. The molecule has 0 atom stereocenters. The van der Waals surface area contributed by atoms with Crippen LogP contribution < -0.4 is 5.32 Å². The molecule has 80 valence electrons. The number of amides is 2. The number of carbonyl (C=O) groups is 2. The Balaban J connectivity index is 2.04. The van der Waals surface area contributed by atoms with Crippen LogP contribution in [0.4, 0.5) is 0 Å². The summed E-state index contributed by atoms with van der Waals surface area (Å²) in [6.45, 7) is 1.49. The third-order valence-corrected chi connectivity index (χ3v) is 2.33. The van der Waals surface area contributed by atoms with Gasteiger partial charge < -0.3 is 14.6 Å². The van der Waals surface area contributed by atoms with Crippen LogP contribution in [0, 0.1) is 0 Å². The number of carbonyl (C=O) groups excluding carboxylic acids is 2. The first-order chi connectivity index (χ1) is 7.27. The number of nitrogens with zero attached hydrogens (tertiary/aromatic N) is 1. The molecule has 1 fully saturated rings. The Morgan fingerprint density at radius 2 is 2.33 bits per heavy atom. The van der Waals surface area contributed by atoms with E-state index in [1.54, 1.807) is 17.0 Å². The van der Waals surface area contributed by atoms with Gasteiger partial charge in [0.15, 0.2) is 5.76 Å². The number of furan rings is 1. The van der Waals surface area contributed by atoms with Gasteiger partial charge in [-0.2, -0.15) is 0 Å². The van der Waals surface area contributed by atoms with Gasteiger partial charge in [-0.05, 0) is 12.1 Å². The summed E-state index contributed by atoms with van der Waals surface area (Å²) < 4.78 is 5.02. The van der Waals surface area contributed by atoms with Crippen LogP contribution in [0.3, 0.4) is 0 Å². The van der Waals surface area contributed by atoms with E-state index in [9.17, 15) is 9.59 Å². The van der Waals surface area contributed by atoms with Gasteiger partial charge in [0.1, 0.15) is 0 Å². The van der Waals surface area contributed by atoms with Crippen LogP contribution >= 0.6 is 0 Å². The molecule has 1 N–H and O–H groups in total. The van der Waals surface area contributed by atoms with Gasteiger partial charge >= 0.3 is 0 Å². The molecule has 0 radical (unpaired) electrons. The fraction of sp³-hybridized carbons (Fsp3) is 0.400. The summed E-state index contributed by atoms with van der Waals surface area (Å²) >= 11 is 0. The largest absolute Gasteiger partial charge is 0.459 e. The standard InChI is InChI=1S/C10H12N2O3/c13-9-3-5-12(6-4-11-9)10(14)8-2-1-7-15-8/h1-2,7H,3-6H2,(H,11,13). The van der Waals surface area contributed by atoms with E-state index in [0.29, 0.717) is 31.8 Å². The minimum Gasteiger partial charge on any atom is -0.459 e. The molecule has 0 aliphatic carbocycles. The number of hydrogen-bond acceptors (Lipinski definition) is 3. The summed E-state index contributed by atoms with van der Waals surface area (Å²) in [7, 11) is 0. The Labute approximate surface area is 87.0 Å². The van der Waals surface area contributed by atoms with Gasteiger partial charge in [-0.25, -0.2) is 0 Å². The smallest absolute Gasteiger partial charge is 0.289 e. The maximum Gasteiger partial charge on any atom is 0.289 e. The predicted molar refractivity (Wildman–Crippen MR) is 52.2 cm³/mol. The van der Waals surface area contributed by atoms with Gasteiger partial charge in [-0.3, -0.25) is 9.59 Å². The molecule has 2 heterocycles. The summed E-state index contributed by atoms with van der Waals surface area (Å²) in [5.74, 6) is 0.158. The Morgan fingerprint density at radius 3 is 3.07 bits per heavy atom. The molecule has 1 aromatic heterocycles. The number of rotatable bonds is 1. The normalized spacial score (nSPS) is 17.1. The summed E-state index contributed by atoms with van der Waals surface area (Å²) in [5.41, 5.74) is 0. The van der Waals surface area contributed by atoms with Crippen molar-refractivity contribution in [2.45, 2.75) is 6.42 Å². The molecule has 1 aliphatic rings. The fourth-order valence-electron chi connectivity index (χ4n) is 1.53. The Morgan fingerprint density at radius 1 is 1.47 bits per heavy atom. The van der Waals surface area contributed by atoms with Gasteiger partial charge in [0.05, 0.1) is 6.26 Å². The third kappa shape index (κ3) is 2.18. The molecule has 5 nitrogen and oxygen atoms in total. The molecule has 1 aromatic rings. The van der Waals surface area contributed by atoms with Crippen LogP contribution in [-0.2, 0) is 4.79 Å². The van der Waals surface area contributed by atoms with Crippen molar-refractivity contribution in [2.24, 2.45) is 0 Å². The van der Waals surface area contributed by atoms with Crippen LogP contribution in [0.1, 0.15) is 17.0 Å². The van der Waals surface area contributed by atoms with Gasteiger partial charge in [-0.1, -0.05) is 0 Å². The van der Waals surface area contributed by atoms with Crippen LogP contribution in [0.2, 0.25) is 0 Å². The zero-order valence-corrected chi connectivity index (χ0v) is 8.23. The minimum absolute atomic E-state index is 0.00950. The van der Waals surface area contributed by atoms with Crippen molar-refractivity contribution >= 4 is 11.8 Å². The van der Waals surface area contributed by atoms with Gasteiger partial charge in [-0.15, -0.1) is 0 Å². The molecule has 2 rings (SSSR count). The Hall–Kier alpha value is -1.78. The van der Waals surface area contributed by atoms with Crippen LogP contribution in [0.15, 0.2) is 22.8 Å². The molecule has 2 amide bonds. The second kappa shape index (κ2) is 4.16. The summed E-state index contributed by atoms with van der Waals surface area (Å²) in [4.78, 5) is 24.5. The second-order valence-electron chi connectivity index (χ2n) is 3.37. The predicted octanol–water partition coefficient (Wildman–Crippen LogP) is 0.242. The highest BCUT2D eigenvalue weighted by molar-refractivity contribution is 5.92. The molecule has 1 saturated heterocycles. The Bertz CT molecular complexity index is 359. The first kappa shape index (κ1) is 9.76. The van der Waals surface area contributed by atoms with Crippen molar-refractivity contribution in [2.75, 3.05) is 19.6 Å². The lowest BCUT2D eigenvalue weighted by Crippen LogP contribution is -2.33. The SMILES string of the molecule is O=C1CCN(C(=O)c2ccco2)CCN1. The third-order valence-electron chi connectivity index (χ3n) is 2.33. The maximum absolute atomic E-state index is 11.8. The summed E-state index contributed by atoms with van der Waals surface area (Å²) in [5, 5.41) is 2.71. The topological polar surface area (TPSA) is 62.6 Å². The molecule has 0 bridgehead atoms. The average Bonchev–Trinajstić information content (AvgIpc) is 2.67. The van der Waals surface area contributed by atoms with E-state index in [4.69, 9.17) is 4.42 Å². The highest BCUT2D eigenvalue weighted by Gasteiger charge is 2.21. The molecular weight excluding hydrogens is 196 g/mol. The zero-order chi connectivity index (χ0) is 10.7. The average molecular weight is 208 g/mol. The van der Waals surface area contributed by atoms with E-state index in [2.05, 4.69) is 5.32 Å². The summed E-state index contributed by atoms with van der Waals surface area (Å²) in [6.07, 6.45) is 1.82. The molecule has 15 heavy (non-hydrogen) atoms. The second-order valence-corrected chi connectivity index (χ2v) is 3.37. The van der Waals surface area contributed by atoms with Crippen LogP contribution in [-0.4, -0.2) is 36.3 Å². The molecular formula is C10H12N2O3. The van der Waals surface area contributed by atoms with Crippen molar-refractivity contribution in [3.8, 4) is 0 Å². The van der Waals surface area contributed by atoms with Crippen molar-refractivity contribution in [3.05, 3.63) is 24.2 Å². The molecule has 0 spiro atoms. The van der Waals surface area contributed by atoms with Gasteiger partial charge in [0, 0.05) is 26.1 Å². The van der Waals surface area contributed by atoms with Crippen molar-refractivity contribution in [1.29, 1.82) is 0 Å². The van der Waals surface area contributed by atoms with E-state index in [1.165, 1.54) is 6.26 Å². The first-order valence-electron chi connectivity index (χ1n) is 4.87. The van der Waals surface area contributed by atoms with E-state index < -0.39 is 0 Å². The highest BCUT2D eigenvalue weighted by atomic mass is 16.3. The Kier molecular flexibility index (Phi) is 2.71. The molecule has 0 aromatic carbocycles. The first-order valence-corrected chi connectivity index (χ1v) is 4.87. The monoisotopic (exact) mass is 208 g/mol. The van der Waals surface area contributed by atoms with E-state index >= 15 is 0 Å². The van der Waals surface area contributed by atoms with E-state index in [-0.39, 0.29) is 11.8 Å². The lowest BCUT2D eigenvalue weighted by molar-refractivity contribution is -0.120. The molecule has 1 aliphatic heterocycles. The highest BCUT2D eigenvalue weighted by Crippen LogP contribution is 2.07. The fourth-order valence-corrected chi connectivity index (χ4v) is 1.53. The lowest BCUT2D eigenvalue weighted by atomic mass is 10.3. The van der Waals surface area contributed by atoms with Gasteiger partial charge in [0.2, 0.25) is 5.91 Å². The van der Waals surface area contributed by atoms with Crippen molar-refractivity contribution in [1.82, 2.24) is 10.2 Å². The quantitative estimate of drug-likeness (QED) is 0.719. The van der Waals surface area contributed by atoms with Crippen LogP contribution in [0.5, 0.6) is 0 Å². The van der Waals surface area contributed by atoms with Gasteiger partial charge in [0.25, 0.3) is 5.91 Å².